The first-order valence-electron chi connectivity index (χ1n) is 9.45. The van der Waals surface area contributed by atoms with Crippen LogP contribution in [-0.4, -0.2) is 42.7 Å². The van der Waals surface area contributed by atoms with Crippen LogP contribution in [0.15, 0.2) is 65.8 Å². The Kier molecular flexibility index (Phi) is 7.26. The van der Waals surface area contributed by atoms with Gasteiger partial charge in [0.1, 0.15) is 11.5 Å². The molecule has 2 aromatic carbocycles. The van der Waals surface area contributed by atoms with Crippen molar-refractivity contribution in [2.24, 2.45) is 4.99 Å². The van der Waals surface area contributed by atoms with Crippen molar-refractivity contribution >= 4 is 35.3 Å². The number of benzene rings is 2. The van der Waals surface area contributed by atoms with Crippen LogP contribution in [0.3, 0.4) is 0 Å². The number of allylic oxidation sites excluding steroid dienone is 2. The lowest BCUT2D eigenvalue weighted by Gasteiger charge is -2.11. The van der Waals surface area contributed by atoms with Crippen LogP contribution in [0.1, 0.15) is 5.82 Å². The Morgan fingerprint density at radius 3 is 2.61 bits per heavy atom. The molecule has 3 aromatic rings. The molecule has 9 nitrogen and oxygen atoms in total. The van der Waals surface area contributed by atoms with Gasteiger partial charge in [-0.25, -0.2) is 0 Å². The van der Waals surface area contributed by atoms with Gasteiger partial charge < -0.3 is 25.8 Å². The van der Waals surface area contributed by atoms with Crippen molar-refractivity contribution in [3.63, 3.8) is 0 Å². The van der Waals surface area contributed by atoms with E-state index in [0.717, 1.165) is 16.9 Å². The molecule has 5 N–H and O–H groups in total. The molecule has 0 aliphatic rings. The fourth-order valence-corrected chi connectivity index (χ4v) is 2.76. The van der Waals surface area contributed by atoms with Crippen LogP contribution in [0.5, 0.6) is 11.5 Å². The van der Waals surface area contributed by atoms with Crippen molar-refractivity contribution in [1.82, 2.24) is 15.2 Å². The molecule has 0 bridgehead atoms. The van der Waals surface area contributed by atoms with Crippen LogP contribution < -0.4 is 25.8 Å². The molecule has 0 unspecified atom stereocenters. The largest absolute Gasteiger partial charge is 0.497 e. The number of anilines is 4. The predicted molar refractivity (Wildman–Crippen MR) is 125 cm³/mol. The van der Waals surface area contributed by atoms with Crippen molar-refractivity contribution < 1.29 is 9.47 Å². The zero-order chi connectivity index (χ0) is 22.1. The number of nitrogens with zero attached hydrogens (tertiary/aromatic N) is 3. The maximum Gasteiger partial charge on any atom is 0.246 e. The SMILES string of the molecule is C=N/C=C\C=C(/CNc1cc(OC)cc(OC)c1)c1nc(Nc2cccc(N)c2)n[nH]1. The molecule has 1 aromatic heterocycles. The number of methoxy groups -OCH3 is 2. The summed E-state index contributed by atoms with van der Waals surface area (Å²) in [7, 11) is 3.22. The number of aromatic amines is 1. The lowest BCUT2D eigenvalue weighted by Crippen LogP contribution is -2.06. The standard InChI is InChI=1S/C22H25N7O2/c1-24-9-5-6-15(14-25-18-11-19(30-2)13-20(12-18)31-3)21-27-22(29-28-21)26-17-8-4-7-16(23)10-17/h4-13,25H,1,14,23H2,2-3H3,(H2,26,27,28,29)/b9-5-,15-6+. The Morgan fingerprint density at radius 2 is 1.94 bits per heavy atom. The summed E-state index contributed by atoms with van der Waals surface area (Å²) >= 11 is 0. The monoisotopic (exact) mass is 419 g/mol. The summed E-state index contributed by atoms with van der Waals surface area (Å²) in [6.07, 6.45) is 5.25. The normalized spacial score (nSPS) is 11.4. The lowest BCUT2D eigenvalue weighted by molar-refractivity contribution is 0.394. The molecular formula is C22H25N7O2. The van der Waals surface area contributed by atoms with Gasteiger partial charge in [0.25, 0.3) is 0 Å². The number of H-pyrrole nitrogens is 1. The summed E-state index contributed by atoms with van der Waals surface area (Å²) in [6, 6.07) is 12.9. The van der Waals surface area contributed by atoms with Gasteiger partial charge in [0.2, 0.25) is 5.95 Å². The van der Waals surface area contributed by atoms with E-state index in [9.17, 15) is 0 Å². The van der Waals surface area contributed by atoms with Crippen LogP contribution >= 0.6 is 0 Å². The second kappa shape index (κ2) is 10.5. The highest BCUT2D eigenvalue weighted by Gasteiger charge is 2.10. The van der Waals surface area contributed by atoms with Crippen molar-refractivity contribution in [3.05, 3.63) is 66.6 Å². The lowest BCUT2D eigenvalue weighted by atomic mass is 10.2. The number of nitrogens with one attached hydrogen (secondary N) is 3. The summed E-state index contributed by atoms with van der Waals surface area (Å²) in [5.74, 6) is 2.41. The predicted octanol–water partition coefficient (Wildman–Crippen LogP) is 3.86. The molecule has 31 heavy (non-hydrogen) atoms. The molecule has 1 heterocycles. The second-order valence-electron chi connectivity index (χ2n) is 6.43. The highest BCUT2D eigenvalue weighted by Crippen LogP contribution is 2.26. The Bertz CT molecular complexity index is 1070. The summed E-state index contributed by atoms with van der Waals surface area (Å²) in [5.41, 5.74) is 8.97. The maximum absolute atomic E-state index is 5.82. The maximum atomic E-state index is 5.82. The number of nitrogens with two attached hydrogens (primary N) is 1. The van der Waals surface area contributed by atoms with Gasteiger partial charge in [-0.15, -0.1) is 5.10 Å². The van der Waals surface area contributed by atoms with Gasteiger partial charge >= 0.3 is 0 Å². The molecule has 0 aliphatic heterocycles. The van der Waals surface area contributed by atoms with Gasteiger partial charge in [-0.05, 0) is 31.0 Å². The first-order valence-corrected chi connectivity index (χ1v) is 9.45. The van der Waals surface area contributed by atoms with E-state index in [0.29, 0.717) is 35.5 Å². The van der Waals surface area contributed by atoms with Crippen LogP contribution in [0.2, 0.25) is 0 Å². The summed E-state index contributed by atoms with van der Waals surface area (Å²) in [4.78, 5) is 8.27. The number of nitrogen functional groups attached to an aromatic ring is 1. The third-order valence-corrected chi connectivity index (χ3v) is 4.26. The zero-order valence-corrected chi connectivity index (χ0v) is 17.4. The number of rotatable bonds is 10. The van der Waals surface area contributed by atoms with E-state index in [4.69, 9.17) is 15.2 Å². The third kappa shape index (κ3) is 6.10. The molecule has 0 fully saturated rings. The Hall–Kier alpha value is -4.27. The van der Waals surface area contributed by atoms with E-state index < -0.39 is 0 Å². The molecular weight excluding hydrogens is 394 g/mol. The summed E-state index contributed by atoms with van der Waals surface area (Å²) in [5, 5.41) is 13.7. The molecule has 0 radical (unpaired) electrons. The first-order chi connectivity index (χ1) is 15.1. The van der Waals surface area contributed by atoms with Gasteiger partial charge in [-0.2, -0.15) is 4.98 Å². The third-order valence-electron chi connectivity index (χ3n) is 4.26. The Labute approximate surface area is 180 Å². The molecule has 3 rings (SSSR count). The fourth-order valence-electron chi connectivity index (χ4n) is 2.76. The van der Waals surface area contributed by atoms with E-state index >= 15 is 0 Å². The molecule has 0 saturated carbocycles. The molecule has 0 atom stereocenters. The minimum atomic E-state index is 0.431. The number of hydrogen-bond donors (Lipinski definition) is 4. The van der Waals surface area contributed by atoms with Gasteiger partial charge in [-0.3, -0.25) is 10.1 Å². The van der Waals surface area contributed by atoms with Gasteiger partial charge in [0, 0.05) is 53.6 Å². The van der Waals surface area contributed by atoms with E-state index in [1.165, 1.54) is 0 Å². The molecule has 0 amide bonds. The van der Waals surface area contributed by atoms with E-state index in [2.05, 4.69) is 37.5 Å². The number of aliphatic imine (C=N–C) groups is 1. The second-order valence-corrected chi connectivity index (χ2v) is 6.43. The first kappa shape index (κ1) is 21.4. The highest BCUT2D eigenvalue weighted by molar-refractivity contribution is 5.68. The van der Waals surface area contributed by atoms with E-state index in [-0.39, 0.29) is 0 Å². The van der Waals surface area contributed by atoms with E-state index in [1.807, 2.05) is 48.5 Å². The van der Waals surface area contributed by atoms with Crippen LogP contribution in [-0.2, 0) is 0 Å². The van der Waals surface area contributed by atoms with Crippen LogP contribution in [0.25, 0.3) is 5.57 Å². The van der Waals surface area contributed by atoms with Crippen molar-refractivity contribution in [2.45, 2.75) is 0 Å². The number of ether oxygens (including phenoxy) is 2. The molecule has 0 spiro atoms. The minimum Gasteiger partial charge on any atom is -0.497 e. The van der Waals surface area contributed by atoms with Crippen molar-refractivity contribution in [2.75, 3.05) is 37.1 Å². The fraction of sp³-hybridized carbons (Fsp3) is 0.136. The molecule has 0 aliphatic carbocycles. The zero-order valence-electron chi connectivity index (χ0n) is 17.4. The summed E-state index contributed by atoms with van der Waals surface area (Å²) < 4.78 is 10.7. The van der Waals surface area contributed by atoms with Crippen LogP contribution in [0, 0.1) is 0 Å². The Morgan fingerprint density at radius 1 is 1.16 bits per heavy atom. The van der Waals surface area contributed by atoms with Crippen molar-refractivity contribution in [3.8, 4) is 11.5 Å². The Balaban J connectivity index is 1.79. The minimum absolute atomic E-state index is 0.431. The molecule has 0 saturated heterocycles. The van der Waals surface area contributed by atoms with Crippen molar-refractivity contribution in [1.29, 1.82) is 0 Å². The number of aromatic nitrogens is 3. The van der Waals surface area contributed by atoms with E-state index in [1.54, 1.807) is 26.5 Å². The topological polar surface area (TPSA) is 122 Å². The molecule has 160 valence electrons. The highest BCUT2D eigenvalue weighted by atomic mass is 16.5. The van der Waals surface area contributed by atoms with Gasteiger partial charge in [-0.1, -0.05) is 12.1 Å². The van der Waals surface area contributed by atoms with Crippen LogP contribution in [0.4, 0.5) is 23.0 Å². The molecule has 9 heteroatoms. The summed E-state index contributed by atoms with van der Waals surface area (Å²) in [6.45, 7) is 3.92. The van der Waals surface area contributed by atoms with Gasteiger partial charge in [0.05, 0.1) is 14.2 Å². The van der Waals surface area contributed by atoms with Gasteiger partial charge in [0.15, 0.2) is 5.82 Å². The average molecular weight is 419 g/mol. The number of hydrogen-bond acceptors (Lipinski definition) is 8. The average Bonchev–Trinajstić information content (AvgIpc) is 3.24. The smallest absolute Gasteiger partial charge is 0.246 e. The quantitative estimate of drug-likeness (QED) is 0.224.